The minimum atomic E-state index is 0.0632. The summed E-state index contributed by atoms with van der Waals surface area (Å²) in [6.07, 6.45) is 0.827. The van der Waals surface area contributed by atoms with E-state index in [0.717, 1.165) is 17.7 Å². The molecule has 2 N–H and O–H groups in total. The maximum atomic E-state index is 13.1. The molecule has 0 heterocycles. The molecular weight excluding hydrogens is 260 g/mol. The Morgan fingerprint density at radius 1 is 1.19 bits per heavy atom. The molecule has 21 heavy (non-hydrogen) atoms. The molecule has 3 heteroatoms. The molecule has 0 bridgehead atoms. The molecule has 0 saturated heterocycles. The Morgan fingerprint density at radius 3 is 2.24 bits per heavy atom. The lowest BCUT2D eigenvalue weighted by atomic mass is 10.0. The summed E-state index contributed by atoms with van der Waals surface area (Å²) in [4.78, 5) is 15.0. The van der Waals surface area contributed by atoms with Crippen molar-refractivity contribution in [1.29, 1.82) is 0 Å². The molecule has 0 radical (unpaired) electrons. The van der Waals surface area contributed by atoms with Gasteiger partial charge in [-0.25, -0.2) is 0 Å². The van der Waals surface area contributed by atoms with Gasteiger partial charge in [0.2, 0.25) is 5.91 Å². The Hall–Kier alpha value is -1.35. The lowest BCUT2D eigenvalue weighted by Gasteiger charge is -2.25. The van der Waals surface area contributed by atoms with Gasteiger partial charge >= 0.3 is 0 Å². The number of para-hydroxylation sites is 1. The fourth-order valence-electron chi connectivity index (χ4n) is 3.43. The van der Waals surface area contributed by atoms with E-state index in [1.54, 1.807) is 0 Å². The van der Waals surface area contributed by atoms with Crippen molar-refractivity contribution < 1.29 is 4.79 Å². The quantitative estimate of drug-likeness (QED) is 0.903. The lowest BCUT2D eigenvalue weighted by molar-refractivity contribution is -0.120. The van der Waals surface area contributed by atoms with Crippen LogP contribution in [0.25, 0.3) is 0 Å². The number of carbonyl (C=O) groups excluding carboxylic acids is 1. The van der Waals surface area contributed by atoms with Gasteiger partial charge in [0, 0.05) is 18.2 Å². The van der Waals surface area contributed by atoms with Crippen molar-refractivity contribution in [3.8, 4) is 0 Å². The van der Waals surface area contributed by atoms with Crippen LogP contribution in [0, 0.1) is 23.7 Å². The predicted octanol–water partition coefficient (Wildman–Crippen LogP) is 3.36. The van der Waals surface area contributed by atoms with E-state index in [4.69, 9.17) is 5.73 Å². The van der Waals surface area contributed by atoms with Gasteiger partial charge < -0.3 is 10.6 Å². The van der Waals surface area contributed by atoms with Crippen LogP contribution in [0.3, 0.4) is 0 Å². The SMILES string of the molecule is Cc1ccccc1N(CCCN)C(=O)C1C(C)(C)C1(C)C. The van der Waals surface area contributed by atoms with E-state index in [1.807, 2.05) is 23.1 Å². The molecule has 3 nitrogen and oxygen atoms in total. The van der Waals surface area contributed by atoms with E-state index in [1.165, 1.54) is 0 Å². The first-order valence-electron chi connectivity index (χ1n) is 7.82. The van der Waals surface area contributed by atoms with Crippen LogP contribution in [0.15, 0.2) is 24.3 Å². The minimum absolute atomic E-state index is 0.0632. The first-order chi connectivity index (χ1) is 9.75. The van der Waals surface area contributed by atoms with Gasteiger partial charge in [-0.3, -0.25) is 4.79 Å². The Bertz CT molecular complexity index is 520. The number of rotatable bonds is 5. The van der Waals surface area contributed by atoms with Crippen LogP contribution in [0.1, 0.15) is 39.7 Å². The fraction of sp³-hybridized carbons (Fsp3) is 0.611. The number of anilines is 1. The molecule has 1 aliphatic rings. The lowest BCUT2D eigenvalue weighted by Crippen LogP contribution is -2.36. The van der Waals surface area contributed by atoms with Crippen molar-refractivity contribution in [2.75, 3.05) is 18.0 Å². The Balaban J connectivity index is 2.30. The van der Waals surface area contributed by atoms with Gasteiger partial charge in [0.05, 0.1) is 0 Å². The van der Waals surface area contributed by atoms with Crippen molar-refractivity contribution in [2.45, 2.75) is 41.0 Å². The monoisotopic (exact) mass is 288 g/mol. The Morgan fingerprint density at radius 2 is 1.76 bits per heavy atom. The van der Waals surface area contributed by atoms with Crippen molar-refractivity contribution in [3.05, 3.63) is 29.8 Å². The second-order valence-electron chi connectivity index (χ2n) is 7.29. The van der Waals surface area contributed by atoms with E-state index >= 15 is 0 Å². The van der Waals surface area contributed by atoms with Crippen molar-refractivity contribution in [2.24, 2.45) is 22.5 Å². The molecule has 1 amide bonds. The van der Waals surface area contributed by atoms with Crippen LogP contribution in [-0.4, -0.2) is 19.0 Å². The molecule has 116 valence electrons. The van der Waals surface area contributed by atoms with Crippen molar-refractivity contribution in [3.63, 3.8) is 0 Å². The van der Waals surface area contributed by atoms with E-state index in [9.17, 15) is 4.79 Å². The van der Waals surface area contributed by atoms with E-state index in [2.05, 4.69) is 40.7 Å². The molecule has 2 rings (SSSR count). The summed E-state index contributed by atoms with van der Waals surface area (Å²) in [5.41, 5.74) is 7.94. The van der Waals surface area contributed by atoms with Gasteiger partial charge in [-0.2, -0.15) is 0 Å². The number of hydrogen-bond acceptors (Lipinski definition) is 2. The van der Waals surface area contributed by atoms with Crippen molar-refractivity contribution in [1.82, 2.24) is 0 Å². The number of amides is 1. The summed E-state index contributed by atoms with van der Waals surface area (Å²) in [5.74, 6) is 0.329. The molecule has 1 aromatic carbocycles. The van der Waals surface area contributed by atoms with Gasteiger partial charge in [0.15, 0.2) is 0 Å². The summed E-state index contributed by atoms with van der Waals surface area (Å²) in [5, 5.41) is 0. The van der Waals surface area contributed by atoms with Gasteiger partial charge in [0.25, 0.3) is 0 Å². The zero-order chi connectivity index (χ0) is 15.8. The summed E-state index contributed by atoms with van der Waals surface area (Å²) >= 11 is 0. The largest absolute Gasteiger partial charge is 0.330 e. The molecule has 0 spiro atoms. The number of nitrogens with two attached hydrogens (primary N) is 1. The standard InChI is InChI=1S/C18H28N2O/c1-13-9-6-7-10-14(13)20(12-8-11-19)16(21)15-17(2,3)18(15,4)5/h6-7,9-10,15H,8,11-12,19H2,1-5H3. The molecule has 1 aliphatic carbocycles. The van der Waals surface area contributed by atoms with Crippen molar-refractivity contribution >= 4 is 11.6 Å². The first-order valence-corrected chi connectivity index (χ1v) is 7.82. The van der Waals surface area contributed by atoms with Crippen LogP contribution in [-0.2, 0) is 4.79 Å². The highest BCUT2D eigenvalue weighted by Crippen LogP contribution is 2.68. The van der Waals surface area contributed by atoms with E-state index < -0.39 is 0 Å². The average Bonchev–Trinajstić information content (AvgIpc) is 2.81. The van der Waals surface area contributed by atoms with Crippen LogP contribution >= 0.6 is 0 Å². The maximum absolute atomic E-state index is 13.1. The Labute approximate surface area is 128 Å². The number of nitrogens with zero attached hydrogens (tertiary/aromatic N) is 1. The highest BCUT2D eigenvalue weighted by Gasteiger charge is 2.68. The number of hydrogen-bond donors (Lipinski definition) is 1. The second-order valence-corrected chi connectivity index (χ2v) is 7.29. The summed E-state index contributed by atoms with van der Waals surface area (Å²) in [6.45, 7) is 12.1. The second kappa shape index (κ2) is 5.45. The summed E-state index contributed by atoms with van der Waals surface area (Å²) < 4.78 is 0. The minimum Gasteiger partial charge on any atom is -0.330 e. The van der Waals surface area contributed by atoms with Gasteiger partial charge in [-0.05, 0) is 42.3 Å². The van der Waals surface area contributed by atoms with Gasteiger partial charge in [-0.1, -0.05) is 45.9 Å². The molecular formula is C18H28N2O. The average molecular weight is 288 g/mol. The molecule has 0 aliphatic heterocycles. The smallest absolute Gasteiger partial charge is 0.231 e. The van der Waals surface area contributed by atoms with E-state index in [0.29, 0.717) is 13.1 Å². The van der Waals surface area contributed by atoms with E-state index in [-0.39, 0.29) is 22.7 Å². The van der Waals surface area contributed by atoms with Crippen LogP contribution < -0.4 is 10.6 Å². The Kier molecular flexibility index (Phi) is 4.16. The molecule has 1 aromatic rings. The summed E-state index contributed by atoms with van der Waals surface area (Å²) in [6, 6.07) is 8.09. The molecule has 0 atom stereocenters. The molecule has 1 fully saturated rings. The third kappa shape index (κ3) is 2.59. The number of aryl methyl sites for hydroxylation is 1. The zero-order valence-corrected chi connectivity index (χ0v) is 13.9. The van der Waals surface area contributed by atoms with Gasteiger partial charge in [-0.15, -0.1) is 0 Å². The predicted molar refractivity (Wildman–Crippen MR) is 88.3 cm³/mol. The molecule has 0 aromatic heterocycles. The van der Waals surface area contributed by atoms with Crippen LogP contribution in [0.4, 0.5) is 5.69 Å². The van der Waals surface area contributed by atoms with Crippen LogP contribution in [0.2, 0.25) is 0 Å². The highest BCUT2D eigenvalue weighted by atomic mass is 16.2. The topological polar surface area (TPSA) is 46.3 Å². The maximum Gasteiger partial charge on any atom is 0.231 e. The zero-order valence-electron chi connectivity index (χ0n) is 13.9. The fourth-order valence-corrected chi connectivity index (χ4v) is 3.43. The highest BCUT2D eigenvalue weighted by molar-refractivity contribution is 5.98. The van der Waals surface area contributed by atoms with Crippen LogP contribution in [0.5, 0.6) is 0 Å². The van der Waals surface area contributed by atoms with Gasteiger partial charge in [0.1, 0.15) is 0 Å². The molecule has 0 unspecified atom stereocenters. The third-order valence-corrected chi connectivity index (χ3v) is 5.53. The normalized spacial score (nSPS) is 19.3. The third-order valence-electron chi connectivity index (χ3n) is 5.53. The first kappa shape index (κ1) is 16.0. The molecule has 1 saturated carbocycles. The number of carbonyl (C=O) groups is 1. The summed E-state index contributed by atoms with van der Waals surface area (Å²) in [7, 11) is 0. The number of benzene rings is 1.